The zero-order chi connectivity index (χ0) is 24.3. The van der Waals surface area contributed by atoms with Crippen molar-refractivity contribution in [1.29, 1.82) is 0 Å². The van der Waals surface area contributed by atoms with Gasteiger partial charge >= 0.3 is 6.18 Å². The second-order valence-corrected chi connectivity index (χ2v) is 8.91. The summed E-state index contributed by atoms with van der Waals surface area (Å²) in [6, 6.07) is 5.38. The van der Waals surface area contributed by atoms with Gasteiger partial charge in [0, 0.05) is 32.1 Å². The van der Waals surface area contributed by atoms with Crippen LogP contribution in [-0.2, 0) is 15.6 Å². The van der Waals surface area contributed by atoms with Gasteiger partial charge in [-0.25, -0.2) is 8.42 Å². The molecule has 0 aliphatic heterocycles. The van der Waals surface area contributed by atoms with Crippen LogP contribution in [0.1, 0.15) is 31.8 Å². The number of nitrogens with one attached hydrogen (secondary N) is 1. The first-order valence-electron chi connectivity index (χ1n) is 9.66. The van der Waals surface area contributed by atoms with Gasteiger partial charge in [0.2, 0.25) is 15.6 Å². The molecular weight excluding hydrogens is 455 g/mol. The van der Waals surface area contributed by atoms with Gasteiger partial charge in [-0.05, 0) is 31.2 Å². The lowest BCUT2D eigenvalue weighted by atomic mass is 9.95. The standard InChI is InChI=1S/C19H24F3N3O6S/c1-4-24(5-2)32(29,30)14-7-8-15(16(12-14)25(27)28)23-11-10-18(26,19(20,21)22)17-9-6-13(3)31-17/h6-9,12,23,26H,4-5,10-11H2,1-3H3. The molecule has 32 heavy (non-hydrogen) atoms. The van der Waals surface area contributed by atoms with Crippen LogP contribution < -0.4 is 5.32 Å². The van der Waals surface area contributed by atoms with Crippen LogP contribution in [0, 0.1) is 17.0 Å². The highest BCUT2D eigenvalue weighted by Gasteiger charge is 2.56. The van der Waals surface area contributed by atoms with Crippen molar-refractivity contribution in [2.45, 2.75) is 43.9 Å². The van der Waals surface area contributed by atoms with E-state index in [1.54, 1.807) is 13.8 Å². The highest BCUT2D eigenvalue weighted by atomic mass is 32.2. The van der Waals surface area contributed by atoms with Gasteiger partial charge in [-0.3, -0.25) is 10.1 Å². The summed E-state index contributed by atoms with van der Waals surface area (Å²) in [6.07, 6.45) is -5.97. The number of aryl methyl sites for hydroxylation is 1. The maximum absolute atomic E-state index is 13.5. The molecule has 0 saturated heterocycles. The fourth-order valence-corrected chi connectivity index (χ4v) is 4.60. The van der Waals surface area contributed by atoms with Crippen molar-refractivity contribution in [2.75, 3.05) is 25.0 Å². The molecule has 0 spiro atoms. The summed E-state index contributed by atoms with van der Waals surface area (Å²) in [4.78, 5) is 10.3. The Morgan fingerprint density at radius 3 is 2.28 bits per heavy atom. The molecule has 13 heteroatoms. The molecule has 1 atom stereocenters. The summed E-state index contributed by atoms with van der Waals surface area (Å²) in [6.45, 7) is 4.47. The Bertz CT molecular complexity index is 1070. The van der Waals surface area contributed by atoms with Crippen LogP contribution >= 0.6 is 0 Å². The summed E-state index contributed by atoms with van der Waals surface area (Å²) in [5.74, 6) is -0.518. The number of benzene rings is 1. The number of nitro benzene ring substituents is 1. The molecule has 1 aromatic heterocycles. The predicted octanol–water partition coefficient (Wildman–Crippen LogP) is 3.78. The van der Waals surface area contributed by atoms with Crippen LogP contribution in [0.15, 0.2) is 39.6 Å². The minimum atomic E-state index is -5.06. The molecule has 1 heterocycles. The predicted molar refractivity (Wildman–Crippen MR) is 110 cm³/mol. The topological polar surface area (TPSA) is 126 Å². The summed E-state index contributed by atoms with van der Waals surface area (Å²) >= 11 is 0. The summed E-state index contributed by atoms with van der Waals surface area (Å²) < 4.78 is 71.9. The van der Waals surface area contributed by atoms with Crippen molar-refractivity contribution in [3.05, 3.63) is 52.0 Å². The van der Waals surface area contributed by atoms with Crippen molar-refractivity contribution >= 4 is 21.4 Å². The third kappa shape index (κ3) is 5.05. The van der Waals surface area contributed by atoms with E-state index in [1.165, 1.54) is 13.0 Å². The smallest absolute Gasteiger partial charge is 0.424 e. The monoisotopic (exact) mass is 479 g/mol. The van der Waals surface area contributed by atoms with Crippen LogP contribution in [0.2, 0.25) is 0 Å². The highest BCUT2D eigenvalue weighted by molar-refractivity contribution is 7.89. The molecule has 0 radical (unpaired) electrons. The zero-order valence-electron chi connectivity index (χ0n) is 17.6. The number of hydrogen-bond acceptors (Lipinski definition) is 7. The molecule has 1 unspecified atom stereocenters. The molecule has 1 aromatic carbocycles. The largest absolute Gasteiger partial charge is 0.463 e. The maximum Gasteiger partial charge on any atom is 0.424 e. The number of sulfonamides is 1. The number of anilines is 1. The molecule has 178 valence electrons. The second kappa shape index (κ2) is 9.46. The van der Waals surface area contributed by atoms with Crippen molar-refractivity contribution in [2.24, 2.45) is 0 Å². The molecule has 0 bridgehead atoms. The molecule has 0 amide bonds. The van der Waals surface area contributed by atoms with Crippen LogP contribution in [-0.4, -0.2) is 48.6 Å². The lowest BCUT2D eigenvalue weighted by Gasteiger charge is -2.28. The van der Waals surface area contributed by atoms with Gasteiger partial charge in [-0.15, -0.1) is 0 Å². The van der Waals surface area contributed by atoms with Gasteiger partial charge < -0.3 is 14.8 Å². The first-order valence-corrected chi connectivity index (χ1v) is 11.1. The number of nitro groups is 1. The number of halogens is 3. The fourth-order valence-electron chi connectivity index (χ4n) is 3.12. The van der Waals surface area contributed by atoms with Gasteiger partial charge in [0.05, 0.1) is 9.82 Å². The first kappa shape index (κ1) is 25.6. The summed E-state index contributed by atoms with van der Waals surface area (Å²) in [7, 11) is -3.97. The minimum Gasteiger partial charge on any atom is -0.463 e. The van der Waals surface area contributed by atoms with E-state index in [0.717, 1.165) is 28.6 Å². The molecule has 2 aromatic rings. The van der Waals surface area contributed by atoms with E-state index >= 15 is 0 Å². The quantitative estimate of drug-likeness (QED) is 0.392. The second-order valence-electron chi connectivity index (χ2n) is 6.97. The molecular formula is C19H24F3N3O6S. The van der Waals surface area contributed by atoms with Crippen molar-refractivity contribution in [3.8, 4) is 0 Å². The van der Waals surface area contributed by atoms with E-state index in [2.05, 4.69) is 5.32 Å². The third-order valence-corrected chi connectivity index (χ3v) is 6.97. The average Bonchev–Trinajstić information content (AvgIpc) is 3.14. The number of aliphatic hydroxyl groups is 1. The zero-order valence-corrected chi connectivity index (χ0v) is 18.5. The third-order valence-electron chi connectivity index (χ3n) is 4.93. The van der Waals surface area contributed by atoms with E-state index in [9.17, 15) is 36.8 Å². The Morgan fingerprint density at radius 1 is 1.19 bits per heavy atom. The Labute approximate surface area is 183 Å². The molecule has 0 aliphatic carbocycles. The van der Waals surface area contributed by atoms with Crippen molar-refractivity contribution in [1.82, 2.24) is 4.31 Å². The molecule has 0 fully saturated rings. The maximum atomic E-state index is 13.5. The number of alkyl halides is 3. The number of rotatable bonds is 10. The molecule has 2 rings (SSSR count). The van der Waals surface area contributed by atoms with Gasteiger partial charge in [0.25, 0.3) is 5.69 Å². The van der Waals surface area contributed by atoms with E-state index in [-0.39, 0.29) is 29.4 Å². The van der Waals surface area contributed by atoms with Crippen LogP contribution in [0.3, 0.4) is 0 Å². The first-order chi connectivity index (χ1) is 14.8. The van der Waals surface area contributed by atoms with Crippen LogP contribution in [0.5, 0.6) is 0 Å². The summed E-state index contributed by atoms with van der Waals surface area (Å²) in [5.41, 5.74) is -4.12. The SMILES string of the molecule is CCN(CC)S(=O)(=O)c1ccc(NCCC(O)(c2ccc(C)o2)C(F)(F)F)c([N+](=O)[O-])c1. The lowest BCUT2D eigenvalue weighted by Crippen LogP contribution is -2.43. The van der Waals surface area contributed by atoms with Crippen LogP contribution in [0.4, 0.5) is 24.5 Å². The minimum absolute atomic E-state index is 0.162. The van der Waals surface area contributed by atoms with E-state index in [4.69, 9.17) is 4.42 Å². The average molecular weight is 479 g/mol. The lowest BCUT2D eigenvalue weighted by molar-refractivity contribution is -0.384. The van der Waals surface area contributed by atoms with Gasteiger partial charge in [0.15, 0.2) is 0 Å². The molecule has 9 nitrogen and oxygen atoms in total. The van der Waals surface area contributed by atoms with E-state index in [1.807, 2.05) is 0 Å². The van der Waals surface area contributed by atoms with E-state index in [0.29, 0.717) is 0 Å². The Morgan fingerprint density at radius 2 is 1.81 bits per heavy atom. The summed E-state index contributed by atoms with van der Waals surface area (Å²) in [5, 5.41) is 24.2. The molecule has 0 saturated carbocycles. The van der Waals surface area contributed by atoms with Gasteiger partial charge in [0.1, 0.15) is 17.2 Å². The Balaban J connectivity index is 2.30. The number of furan rings is 1. The van der Waals surface area contributed by atoms with Crippen LogP contribution in [0.25, 0.3) is 0 Å². The number of nitrogens with zero attached hydrogens (tertiary/aromatic N) is 2. The number of hydrogen-bond donors (Lipinski definition) is 2. The Kier molecular flexibility index (Phi) is 7.58. The fraction of sp³-hybridized carbons (Fsp3) is 0.474. The van der Waals surface area contributed by atoms with Crippen molar-refractivity contribution in [3.63, 3.8) is 0 Å². The van der Waals surface area contributed by atoms with E-state index < -0.39 is 51.1 Å². The highest BCUT2D eigenvalue weighted by Crippen LogP contribution is 2.42. The van der Waals surface area contributed by atoms with Gasteiger partial charge in [-0.2, -0.15) is 17.5 Å². The van der Waals surface area contributed by atoms with Crippen molar-refractivity contribution < 1.29 is 36.0 Å². The van der Waals surface area contributed by atoms with Gasteiger partial charge in [-0.1, -0.05) is 13.8 Å². The molecule has 2 N–H and O–H groups in total. The molecule has 0 aliphatic rings. The Hall–Kier alpha value is -2.64. The normalized spacial score (nSPS) is 14.4.